The number of aliphatic hydroxyl groups is 3. The Bertz CT molecular complexity index is 88.8. The zero-order chi connectivity index (χ0) is 8.04. The Morgan fingerprint density at radius 3 is 1.60 bits per heavy atom. The van der Waals surface area contributed by atoms with E-state index in [0.29, 0.717) is 6.42 Å². The Balaban J connectivity index is 4.00. The van der Waals surface area contributed by atoms with E-state index in [1.54, 1.807) is 6.08 Å². The zero-order valence-electron chi connectivity index (χ0n) is 5.95. The van der Waals surface area contributed by atoms with Gasteiger partial charge in [0.25, 0.3) is 0 Å². The molecular weight excluding hydrogens is 132 g/mol. The molecule has 3 N–H and O–H groups in total. The Morgan fingerprint density at radius 2 is 1.50 bits per heavy atom. The minimum absolute atomic E-state index is 0.216. The van der Waals surface area contributed by atoms with Crippen LogP contribution in [0.5, 0.6) is 0 Å². The van der Waals surface area contributed by atoms with Crippen molar-refractivity contribution < 1.29 is 15.3 Å². The average molecular weight is 146 g/mol. The summed E-state index contributed by atoms with van der Waals surface area (Å²) in [5.41, 5.74) is -0.776. The Labute approximate surface area is 60.6 Å². The summed E-state index contributed by atoms with van der Waals surface area (Å²) in [7, 11) is 0. The van der Waals surface area contributed by atoms with Crippen LogP contribution in [0.25, 0.3) is 0 Å². The molecule has 3 heteroatoms. The summed E-state index contributed by atoms with van der Waals surface area (Å²) >= 11 is 0. The van der Waals surface area contributed by atoms with Crippen LogP contribution >= 0.6 is 0 Å². The van der Waals surface area contributed by atoms with Gasteiger partial charge in [-0.1, -0.05) is 6.08 Å². The summed E-state index contributed by atoms with van der Waals surface area (Å²) in [6.45, 7) is 2.81. The molecule has 0 aromatic heterocycles. The first-order valence-electron chi connectivity index (χ1n) is 3.18. The molecule has 0 fully saturated rings. The highest BCUT2D eigenvalue weighted by atomic mass is 16.3. The zero-order valence-corrected chi connectivity index (χ0v) is 5.95. The molecule has 0 rings (SSSR count). The van der Waals surface area contributed by atoms with Crippen LogP contribution in [0.2, 0.25) is 0 Å². The molecule has 3 nitrogen and oxygen atoms in total. The quantitative estimate of drug-likeness (QED) is 0.459. The highest BCUT2D eigenvalue weighted by Crippen LogP contribution is 2.19. The first kappa shape index (κ1) is 9.62. The molecule has 0 aliphatic heterocycles. The predicted octanol–water partition coefficient (Wildman–Crippen LogP) is -0.474. The second-order valence-electron chi connectivity index (χ2n) is 2.47. The van der Waals surface area contributed by atoms with E-state index < -0.39 is 5.41 Å². The lowest BCUT2D eigenvalue weighted by Crippen LogP contribution is -2.33. The molecule has 0 aliphatic rings. The molecule has 10 heavy (non-hydrogen) atoms. The molecule has 0 bridgehead atoms. The van der Waals surface area contributed by atoms with E-state index in [0.717, 1.165) is 0 Å². The van der Waals surface area contributed by atoms with E-state index in [1.165, 1.54) is 0 Å². The van der Waals surface area contributed by atoms with Gasteiger partial charge in [-0.3, -0.25) is 0 Å². The van der Waals surface area contributed by atoms with Gasteiger partial charge in [0.05, 0.1) is 19.8 Å². The van der Waals surface area contributed by atoms with Gasteiger partial charge in [0, 0.05) is 5.41 Å². The average Bonchev–Trinajstić information content (AvgIpc) is 2.01. The molecule has 0 aromatic rings. The van der Waals surface area contributed by atoms with Gasteiger partial charge in [0.1, 0.15) is 0 Å². The number of hydrogen-bond acceptors (Lipinski definition) is 3. The van der Waals surface area contributed by atoms with Crippen molar-refractivity contribution in [3.63, 3.8) is 0 Å². The van der Waals surface area contributed by atoms with Crippen LogP contribution in [-0.4, -0.2) is 35.1 Å². The van der Waals surface area contributed by atoms with Crippen molar-refractivity contribution in [1.82, 2.24) is 0 Å². The second-order valence-corrected chi connectivity index (χ2v) is 2.47. The van der Waals surface area contributed by atoms with Crippen molar-refractivity contribution in [1.29, 1.82) is 0 Å². The third-order valence-corrected chi connectivity index (χ3v) is 1.58. The van der Waals surface area contributed by atoms with Gasteiger partial charge in [-0.25, -0.2) is 0 Å². The van der Waals surface area contributed by atoms with Gasteiger partial charge < -0.3 is 15.3 Å². The molecule has 0 unspecified atom stereocenters. The third kappa shape index (κ3) is 2.10. The van der Waals surface area contributed by atoms with E-state index in [4.69, 9.17) is 15.3 Å². The topological polar surface area (TPSA) is 60.7 Å². The second kappa shape index (κ2) is 4.44. The van der Waals surface area contributed by atoms with Gasteiger partial charge in [0.2, 0.25) is 0 Å². The molecule has 0 amide bonds. The van der Waals surface area contributed by atoms with Gasteiger partial charge in [0.15, 0.2) is 0 Å². The minimum Gasteiger partial charge on any atom is -0.396 e. The van der Waals surface area contributed by atoms with Crippen molar-refractivity contribution >= 4 is 0 Å². The highest BCUT2D eigenvalue weighted by Gasteiger charge is 2.25. The Morgan fingerprint density at radius 1 is 1.10 bits per heavy atom. The first-order valence-corrected chi connectivity index (χ1v) is 3.18. The van der Waals surface area contributed by atoms with Crippen LogP contribution in [-0.2, 0) is 0 Å². The largest absolute Gasteiger partial charge is 0.396 e. The lowest BCUT2D eigenvalue weighted by atomic mass is 9.87. The molecule has 0 atom stereocenters. The van der Waals surface area contributed by atoms with Gasteiger partial charge >= 0.3 is 0 Å². The van der Waals surface area contributed by atoms with Crippen molar-refractivity contribution in [2.24, 2.45) is 5.41 Å². The molecule has 0 saturated heterocycles. The summed E-state index contributed by atoms with van der Waals surface area (Å²) in [6.07, 6.45) is 2.00. The smallest absolute Gasteiger partial charge is 0.0534 e. The van der Waals surface area contributed by atoms with E-state index in [9.17, 15) is 0 Å². The molecule has 0 saturated carbocycles. The standard InChI is InChI=1S/C7H14O3/c1-2-3-7(4-8,5-9)6-10/h2,8-10H,1,3-6H2. The molecule has 0 spiro atoms. The van der Waals surface area contributed by atoms with Crippen molar-refractivity contribution in [3.8, 4) is 0 Å². The summed E-state index contributed by atoms with van der Waals surface area (Å²) < 4.78 is 0. The van der Waals surface area contributed by atoms with Crippen molar-refractivity contribution in [2.75, 3.05) is 19.8 Å². The number of hydrogen-bond donors (Lipinski definition) is 3. The monoisotopic (exact) mass is 146 g/mol. The first-order chi connectivity index (χ1) is 4.74. The SMILES string of the molecule is C=CCC(CO)(CO)CO. The van der Waals surface area contributed by atoms with Gasteiger partial charge in [-0.2, -0.15) is 0 Å². The fourth-order valence-corrected chi connectivity index (χ4v) is 0.650. The molecule has 0 radical (unpaired) electrons. The van der Waals surface area contributed by atoms with Crippen LogP contribution in [0.4, 0.5) is 0 Å². The van der Waals surface area contributed by atoms with Gasteiger partial charge in [-0.15, -0.1) is 6.58 Å². The van der Waals surface area contributed by atoms with E-state index in [-0.39, 0.29) is 19.8 Å². The van der Waals surface area contributed by atoms with Crippen LogP contribution in [0.15, 0.2) is 12.7 Å². The molecule has 0 aromatic carbocycles. The summed E-state index contributed by atoms with van der Waals surface area (Å²) in [5, 5.41) is 26.2. The molecule has 0 heterocycles. The molecular formula is C7H14O3. The Hall–Kier alpha value is -0.380. The lowest BCUT2D eigenvalue weighted by molar-refractivity contribution is 0.00803. The maximum Gasteiger partial charge on any atom is 0.0534 e. The highest BCUT2D eigenvalue weighted by molar-refractivity contribution is 4.85. The fourth-order valence-electron chi connectivity index (χ4n) is 0.650. The van der Waals surface area contributed by atoms with Crippen LogP contribution < -0.4 is 0 Å². The normalized spacial score (nSPS) is 11.5. The van der Waals surface area contributed by atoms with E-state index >= 15 is 0 Å². The lowest BCUT2D eigenvalue weighted by Gasteiger charge is -2.25. The third-order valence-electron chi connectivity index (χ3n) is 1.58. The van der Waals surface area contributed by atoms with Crippen LogP contribution in [0.3, 0.4) is 0 Å². The van der Waals surface area contributed by atoms with E-state index in [1.807, 2.05) is 0 Å². The summed E-state index contributed by atoms with van der Waals surface area (Å²) in [4.78, 5) is 0. The number of aliphatic hydroxyl groups excluding tert-OH is 3. The summed E-state index contributed by atoms with van der Waals surface area (Å²) in [5.74, 6) is 0. The number of rotatable bonds is 5. The van der Waals surface area contributed by atoms with Crippen molar-refractivity contribution in [3.05, 3.63) is 12.7 Å². The van der Waals surface area contributed by atoms with Crippen molar-refractivity contribution in [2.45, 2.75) is 6.42 Å². The fraction of sp³-hybridized carbons (Fsp3) is 0.714. The van der Waals surface area contributed by atoms with Crippen LogP contribution in [0.1, 0.15) is 6.42 Å². The molecule has 0 aliphatic carbocycles. The van der Waals surface area contributed by atoms with E-state index in [2.05, 4.69) is 6.58 Å². The summed E-state index contributed by atoms with van der Waals surface area (Å²) in [6, 6.07) is 0. The number of allylic oxidation sites excluding steroid dienone is 1. The molecule has 60 valence electrons. The maximum absolute atomic E-state index is 8.74. The minimum atomic E-state index is -0.776. The van der Waals surface area contributed by atoms with Gasteiger partial charge in [-0.05, 0) is 6.42 Å². The predicted molar refractivity (Wildman–Crippen MR) is 38.5 cm³/mol. The maximum atomic E-state index is 8.74. The van der Waals surface area contributed by atoms with Crippen LogP contribution in [0, 0.1) is 5.41 Å². The Kier molecular flexibility index (Phi) is 4.27.